The molecule has 1 saturated heterocycles. The van der Waals surface area contributed by atoms with Gasteiger partial charge in [-0.2, -0.15) is 0 Å². The molecule has 1 aromatic carbocycles. The van der Waals surface area contributed by atoms with E-state index < -0.39 is 0 Å². The van der Waals surface area contributed by atoms with Gasteiger partial charge in [0, 0.05) is 31.4 Å². The molecule has 0 aliphatic carbocycles. The number of nitrogens with zero attached hydrogens (tertiary/aromatic N) is 2. The van der Waals surface area contributed by atoms with Gasteiger partial charge in [0.2, 0.25) is 6.41 Å². The van der Waals surface area contributed by atoms with Gasteiger partial charge >= 0.3 is 0 Å². The Labute approximate surface area is 156 Å². The number of rotatable bonds is 9. The van der Waals surface area contributed by atoms with Crippen LogP contribution in [0.4, 0.5) is 5.69 Å². The van der Waals surface area contributed by atoms with Gasteiger partial charge in [-0.25, -0.2) is 4.99 Å². The van der Waals surface area contributed by atoms with Crippen LogP contribution in [-0.2, 0) is 11.2 Å². The van der Waals surface area contributed by atoms with Crippen molar-refractivity contribution >= 4 is 17.9 Å². The number of nitrogens with one attached hydrogen (secondary N) is 1. The summed E-state index contributed by atoms with van der Waals surface area (Å²) in [6, 6.07) is 9.00. The molecule has 1 fully saturated rings. The van der Waals surface area contributed by atoms with Crippen molar-refractivity contribution in [2.45, 2.75) is 45.2 Å². The Morgan fingerprint density at radius 2 is 2.12 bits per heavy atom. The summed E-state index contributed by atoms with van der Waals surface area (Å²) >= 11 is 0. The van der Waals surface area contributed by atoms with Crippen molar-refractivity contribution in [2.75, 3.05) is 13.1 Å². The number of benzene rings is 1. The van der Waals surface area contributed by atoms with Crippen LogP contribution >= 0.6 is 0 Å². The smallest absolute Gasteiger partial charge is 0.211 e. The van der Waals surface area contributed by atoms with Gasteiger partial charge in [-0.1, -0.05) is 32.4 Å². The van der Waals surface area contributed by atoms with Gasteiger partial charge in [-0.05, 0) is 42.5 Å². The van der Waals surface area contributed by atoms with Crippen LogP contribution in [0.2, 0.25) is 0 Å². The molecule has 6 heteroatoms. The maximum absolute atomic E-state index is 10.2. The largest absolute Gasteiger partial charge is 0.384 e. The molecule has 142 valence electrons. The Morgan fingerprint density at radius 3 is 2.69 bits per heavy atom. The van der Waals surface area contributed by atoms with E-state index in [2.05, 4.69) is 41.2 Å². The zero-order chi connectivity index (χ0) is 18.9. The number of nitrogens with two attached hydrogens (primary N) is 2. The molecule has 2 unspecified atom stereocenters. The molecule has 3 atom stereocenters. The van der Waals surface area contributed by atoms with E-state index in [1.165, 1.54) is 24.6 Å². The molecule has 5 N–H and O–H groups in total. The van der Waals surface area contributed by atoms with Crippen molar-refractivity contribution in [1.82, 2.24) is 10.2 Å². The molecule has 1 aliphatic rings. The topological polar surface area (TPSA) is 96.7 Å². The second kappa shape index (κ2) is 10.1. The van der Waals surface area contributed by atoms with Gasteiger partial charge in [-0.15, -0.1) is 0 Å². The lowest BCUT2D eigenvalue weighted by Gasteiger charge is -2.28. The number of hydrogen-bond acceptors (Lipinski definition) is 4. The summed E-state index contributed by atoms with van der Waals surface area (Å²) in [5.74, 6) is 0.909. The Morgan fingerprint density at radius 1 is 1.38 bits per heavy atom. The molecule has 0 bridgehead atoms. The summed E-state index contributed by atoms with van der Waals surface area (Å²) in [5.41, 5.74) is 14.1. The SMILES string of the molecule is CCCC(Cc1ccc(N=C(N)/C=C\NC=O)cc1)N1CC(C)[C@H](N)C1. The highest BCUT2D eigenvalue weighted by molar-refractivity contribution is 5.93. The summed E-state index contributed by atoms with van der Waals surface area (Å²) < 4.78 is 0. The minimum Gasteiger partial charge on any atom is -0.384 e. The zero-order valence-electron chi connectivity index (χ0n) is 15.8. The third-order valence-corrected chi connectivity index (χ3v) is 4.92. The van der Waals surface area contributed by atoms with Crippen LogP contribution in [0.3, 0.4) is 0 Å². The van der Waals surface area contributed by atoms with Crippen molar-refractivity contribution in [3.8, 4) is 0 Å². The number of carbonyl (C=O) groups is 1. The molecule has 0 saturated carbocycles. The van der Waals surface area contributed by atoms with E-state index in [-0.39, 0.29) is 6.04 Å². The summed E-state index contributed by atoms with van der Waals surface area (Å²) in [4.78, 5) is 17.1. The van der Waals surface area contributed by atoms with Gasteiger partial charge in [-0.3, -0.25) is 9.69 Å². The van der Waals surface area contributed by atoms with Gasteiger partial charge in [0.05, 0.1) is 5.69 Å². The van der Waals surface area contributed by atoms with Gasteiger partial charge in [0.1, 0.15) is 5.84 Å². The fraction of sp³-hybridized carbons (Fsp3) is 0.500. The van der Waals surface area contributed by atoms with E-state index in [1.807, 2.05) is 12.1 Å². The monoisotopic (exact) mass is 357 g/mol. The lowest BCUT2D eigenvalue weighted by Crippen LogP contribution is -2.37. The molecule has 1 heterocycles. The van der Waals surface area contributed by atoms with Crippen molar-refractivity contribution in [3.05, 3.63) is 42.1 Å². The molecule has 1 amide bonds. The summed E-state index contributed by atoms with van der Waals surface area (Å²) in [6.45, 7) is 6.56. The Hall–Kier alpha value is -2.18. The van der Waals surface area contributed by atoms with Crippen LogP contribution in [0.15, 0.2) is 41.5 Å². The number of likely N-dealkylation sites (tertiary alicyclic amines) is 1. The predicted octanol–water partition coefficient (Wildman–Crippen LogP) is 1.93. The number of amides is 1. The highest BCUT2D eigenvalue weighted by Gasteiger charge is 2.30. The first-order valence-corrected chi connectivity index (χ1v) is 9.32. The summed E-state index contributed by atoms with van der Waals surface area (Å²) in [5, 5.41) is 2.40. The third-order valence-electron chi connectivity index (χ3n) is 4.92. The highest BCUT2D eigenvalue weighted by Crippen LogP contribution is 2.23. The van der Waals surface area contributed by atoms with Gasteiger partial charge < -0.3 is 16.8 Å². The fourth-order valence-electron chi connectivity index (χ4n) is 3.41. The van der Waals surface area contributed by atoms with Gasteiger partial charge in [0.25, 0.3) is 0 Å². The highest BCUT2D eigenvalue weighted by atomic mass is 16.1. The van der Waals surface area contributed by atoms with E-state index in [0.29, 0.717) is 24.2 Å². The van der Waals surface area contributed by atoms with Crippen LogP contribution in [0.25, 0.3) is 0 Å². The molecule has 1 aliphatic heterocycles. The summed E-state index contributed by atoms with van der Waals surface area (Å²) in [7, 11) is 0. The van der Waals surface area contributed by atoms with Crippen molar-refractivity contribution in [3.63, 3.8) is 0 Å². The van der Waals surface area contributed by atoms with Crippen molar-refractivity contribution in [1.29, 1.82) is 0 Å². The maximum Gasteiger partial charge on any atom is 0.211 e. The van der Waals surface area contributed by atoms with Crippen molar-refractivity contribution in [2.24, 2.45) is 22.4 Å². The Kier molecular flexibility index (Phi) is 7.81. The first kappa shape index (κ1) is 20.1. The first-order chi connectivity index (χ1) is 12.5. The second-order valence-electron chi connectivity index (χ2n) is 7.06. The number of amidine groups is 1. The van der Waals surface area contributed by atoms with Crippen LogP contribution in [0, 0.1) is 5.92 Å². The fourth-order valence-corrected chi connectivity index (χ4v) is 3.41. The van der Waals surface area contributed by atoms with Crippen LogP contribution in [0.5, 0.6) is 0 Å². The van der Waals surface area contributed by atoms with E-state index in [1.54, 1.807) is 6.08 Å². The average molecular weight is 358 g/mol. The lowest BCUT2D eigenvalue weighted by molar-refractivity contribution is -0.108. The molecular weight excluding hydrogens is 326 g/mol. The molecule has 2 rings (SSSR count). The molecule has 6 nitrogen and oxygen atoms in total. The quantitative estimate of drug-likeness (QED) is 0.357. The predicted molar refractivity (Wildman–Crippen MR) is 107 cm³/mol. The average Bonchev–Trinajstić information content (AvgIpc) is 2.95. The zero-order valence-corrected chi connectivity index (χ0v) is 15.8. The minimum atomic E-state index is 0.288. The summed E-state index contributed by atoms with van der Waals surface area (Å²) in [6.07, 6.45) is 6.97. The van der Waals surface area contributed by atoms with Crippen LogP contribution in [-0.4, -0.2) is 42.3 Å². The van der Waals surface area contributed by atoms with E-state index in [0.717, 1.165) is 25.2 Å². The molecule has 1 aromatic rings. The van der Waals surface area contributed by atoms with Crippen LogP contribution in [0.1, 0.15) is 32.3 Å². The molecule has 0 radical (unpaired) electrons. The van der Waals surface area contributed by atoms with Crippen molar-refractivity contribution < 1.29 is 4.79 Å². The normalized spacial score (nSPS) is 22.7. The molecular formula is C20H31N5O. The number of carbonyl (C=O) groups excluding carboxylic acids is 1. The standard InChI is InChI=1S/C20H31N5O/c1-3-4-18(25-12-15(2)19(21)13-25)11-16-5-7-17(8-6-16)24-20(22)9-10-23-14-26/h5-10,14-15,18-19H,3-4,11-13,21H2,1-2H3,(H2,22,24)(H,23,26)/b10-9-/t15?,18?,19-/m1/s1. The third kappa shape index (κ3) is 5.97. The van der Waals surface area contributed by atoms with E-state index in [9.17, 15) is 4.79 Å². The Balaban J connectivity index is 2.00. The first-order valence-electron chi connectivity index (χ1n) is 9.32. The van der Waals surface area contributed by atoms with Crippen LogP contribution < -0.4 is 16.8 Å². The maximum atomic E-state index is 10.2. The molecule has 26 heavy (non-hydrogen) atoms. The number of aliphatic imine (C=N–C) groups is 1. The Bertz CT molecular complexity index is 616. The second-order valence-corrected chi connectivity index (χ2v) is 7.06. The van der Waals surface area contributed by atoms with E-state index in [4.69, 9.17) is 11.5 Å². The lowest BCUT2D eigenvalue weighted by atomic mass is 10.0. The molecule has 0 spiro atoms. The minimum absolute atomic E-state index is 0.288. The van der Waals surface area contributed by atoms with E-state index >= 15 is 0 Å². The number of hydrogen-bond donors (Lipinski definition) is 3. The molecule has 0 aromatic heterocycles. The van der Waals surface area contributed by atoms with Gasteiger partial charge in [0.15, 0.2) is 0 Å².